The minimum atomic E-state index is -3.66. The highest BCUT2D eigenvalue weighted by molar-refractivity contribution is 7.73. The molecule has 1 unspecified atom stereocenters. The lowest BCUT2D eigenvalue weighted by Crippen LogP contribution is -2.60. The summed E-state index contributed by atoms with van der Waals surface area (Å²) < 4.78 is 37.6. The van der Waals surface area contributed by atoms with Gasteiger partial charge in [0.2, 0.25) is 0 Å². The molecule has 0 saturated carbocycles. The van der Waals surface area contributed by atoms with Crippen LogP contribution in [0.4, 0.5) is 0 Å². The first-order valence-corrected chi connectivity index (χ1v) is 12.8. The van der Waals surface area contributed by atoms with Gasteiger partial charge in [0.25, 0.3) is 0 Å². The molecule has 0 aromatic heterocycles. The summed E-state index contributed by atoms with van der Waals surface area (Å²) in [6.45, 7) is 5.42. The van der Waals surface area contributed by atoms with E-state index >= 15 is 0 Å². The van der Waals surface area contributed by atoms with Crippen LogP contribution in [0.15, 0.2) is 60.7 Å². The molecule has 9 heteroatoms. The first-order chi connectivity index (χ1) is 16.1. The molecule has 0 radical (unpaired) electrons. The maximum absolute atomic E-state index is 14.7. The van der Waals surface area contributed by atoms with E-state index in [-0.39, 0.29) is 6.61 Å². The number of rotatable bonds is 7. The van der Waals surface area contributed by atoms with Gasteiger partial charge in [0.05, 0.1) is 12.3 Å². The summed E-state index contributed by atoms with van der Waals surface area (Å²) in [5.74, 6) is -3.28. The summed E-state index contributed by atoms with van der Waals surface area (Å²) in [5, 5.41) is 0.421. The topological polar surface area (TPSA) is 105 Å². The summed E-state index contributed by atoms with van der Waals surface area (Å²) in [5.41, 5.74) is 0.0369. The summed E-state index contributed by atoms with van der Waals surface area (Å²) in [6, 6.07) is 17.8. The second kappa shape index (κ2) is 11.0. The van der Waals surface area contributed by atoms with Gasteiger partial charge in [0.1, 0.15) is 12.2 Å². The van der Waals surface area contributed by atoms with Gasteiger partial charge in [-0.05, 0) is 5.56 Å². The maximum Gasteiger partial charge on any atom is 0.303 e. The molecule has 34 heavy (non-hydrogen) atoms. The largest absolute Gasteiger partial charge is 0.459 e. The van der Waals surface area contributed by atoms with E-state index in [1.807, 2.05) is 30.3 Å². The Balaban J connectivity index is 2.13. The molecule has 0 N–H and O–H groups in total. The molecular weight excluding hydrogens is 459 g/mol. The van der Waals surface area contributed by atoms with Crippen LogP contribution in [0, 0.1) is 0 Å². The van der Waals surface area contributed by atoms with E-state index in [0.717, 1.165) is 5.56 Å². The lowest BCUT2D eigenvalue weighted by Gasteiger charge is -2.48. The van der Waals surface area contributed by atoms with Crippen LogP contribution in [0.1, 0.15) is 33.3 Å². The Bertz CT molecular complexity index is 1060. The Labute approximate surface area is 198 Å². The molecule has 3 rings (SSSR count). The number of hydrogen-bond donors (Lipinski definition) is 0. The standard InChI is InChI=1S/C25H29O8P/c1-16-22(31-17(2)26)23(30-15-20-11-7-5-8-12-20)24(32-18(3)27)25(33-19(4)28)34(16,29)21-13-9-6-10-14-21/h5-14,16,22-25H,15H2,1-4H3/t16-,22+,23+,24-,25-,34?/m0/s1. The van der Waals surface area contributed by atoms with E-state index in [0.29, 0.717) is 5.30 Å². The van der Waals surface area contributed by atoms with Gasteiger partial charge < -0.3 is 23.5 Å². The predicted molar refractivity (Wildman–Crippen MR) is 125 cm³/mol. The van der Waals surface area contributed by atoms with Crippen molar-refractivity contribution in [1.29, 1.82) is 0 Å². The highest BCUT2D eigenvalue weighted by Gasteiger charge is 2.61. The van der Waals surface area contributed by atoms with Crippen molar-refractivity contribution in [1.82, 2.24) is 0 Å². The number of hydrogen-bond acceptors (Lipinski definition) is 8. The van der Waals surface area contributed by atoms with Gasteiger partial charge in [-0.15, -0.1) is 0 Å². The molecule has 1 fully saturated rings. The van der Waals surface area contributed by atoms with E-state index in [4.69, 9.17) is 18.9 Å². The quantitative estimate of drug-likeness (QED) is 0.332. The van der Waals surface area contributed by atoms with Gasteiger partial charge >= 0.3 is 17.9 Å². The summed E-state index contributed by atoms with van der Waals surface area (Å²) in [7, 11) is -3.66. The normalized spacial score (nSPS) is 28.5. The third kappa shape index (κ3) is 5.57. The molecule has 0 bridgehead atoms. The predicted octanol–water partition coefficient (Wildman–Crippen LogP) is 3.42. The van der Waals surface area contributed by atoms with Crippen LogP contribution in [0.5, 0.6) is 0 Å². The van der Waals surface area contributed by atoms with Crippen LogP contribution in [0.25, 0.3) is 0 Å². The lowest BCUT2D eigenvalue weighted by molar-refractivity contribution is -0.193. The fraction of sp³-hybridized carbons (Fsp3) is 0.400. The molecule has 0 spiro atoms. The van der Waals surface area contributed by atoms with Gasteiger partial charge in [-0.2, -0.15) is 0 Å². The number of carbonyl (C=O) groups excluding carboxylic acids is 3. The number of esters is 3. The maximum atomic E-state index is 14.7. The van der Waals surface area contributed by atoms with Crippen LogP contribution in [0.2, 0.25) is 0 Å². The summed E-state index contributed by atoms with van der Waals surface area (Å²) in [6.07, 6.45) is -3.32. The van der Waals surface area contributed by atoms with Crippen molar-refractivity contribution in [3.63, 3.8) is 0 Å². The molecule has 2 aromatic carbocycles. The van der Waals surface area contributed by atoms with Gasteiger partial charge in [0.15, 0.2) is 19.1 Å². The van der Waals surface area contributed by atoms with Crippen LogP contribution in [-0.2, 0) is 44.5 Å². The Morgan fingerprint density at radius 1 is 0.735 bits per heavy atom. The first-order valence-electron chi connectivity index (χ1n) is 11.0. The van der Waals surface area contributed by atoms with E-state index < -0.39 is 54.9 Å². The molecule has 0 amide bonds. The van der Waals surface area contributed by atoms with E-state index in [1.165, 1.54) is 20.8 Å². The van der Waals surface area contributed by atoms with E-state index in [1.54, 1.807) is 37.3 Å². The second-order valence-electron chi connectivity index (χ2n) is 8.19. The van der Waals surface area contributed by atoms with E-state index in [9.17, 15) is 18.9 Å². The van der Waals surface area contributed by atoms with Crippen molar-refractivity contribution in [2.45, 2.75) is 64.1 Å². The van der Waals surface area contributed by atoms with Crippen molar-refractivity contribution < 1.29 is 37.9 Å². The van der Waals surface area contributed by atoms with Gasteiger partial charge in [-0.1, -0.05) is 67.6 Å². The summed E-state index contributed by atoms with van der Waals surface area (Å²) >= 11 is 0. The molecule has 1 saturated heterocycles. The number of carbonyl (C=O) groups is 3. The average molecular weight is 488 g/mol. The molecular formula is C25H29O8P. The van der Waals surface area contributed by atoms with Crippen molar-refractivity contribution in [3.8, 4) is 0 Å². The molecule has 182 valence electrons. The molecule has 1 aliphatic heterocycles. The summed E-state index contributed by atoms with van der Waals surface area (Å²) in [4.78, 5) is 36.3. The molecule has 1 heterocycles. The van der Waals surface area contributed by atoms with Crippen molar-refractivity contribution in [2.75, 3.05) is 0 Å². The van der Waals surface area contributed by atoms with Crippen LogP contribution < -0.4 is 5.30 Å². The highest BCUT2D eigenvalue weighted by Crippen LogP contribution is 2.62. The Morgan fingerprint density at radius 3 is 1.76 bits per heavy atom. The minimum Gasteiger partial charge on any atom is -0.459 e. The zero-order chi connectivity index (χ0) is 24.9. The average Bonchev–Trinajstić information content (AvgIpc) is 2.80. The SMILES string of the molecule is CC(=O)O[C@H]1[C@H](OCc2ccccc2)[C@H](OC(C)=O)[C@H](C)P(=O)(c2ccccc2)[C@@H]1OC(C)=O. The Morgan fingerprint density at radius 2 is 1.24 bits per heavy atom. The Kier molecular flexibility index (Phi) is 8.28. The molecule has 0 aliphatic carbocycles. The van der Waals surface area contributed by atoms with Crippen LogP contribution in [-0.4, -0.2) is 47.7 Å². The minimum absolute atomic E-state index is 0.107. The van der Waals surface area contributed by atoms with Gasteiger partial charge in [0, 0.05) is 26.1 Å². The number of ether oxygens (including phenoxy) is 4. The molecule has 8 nitrogen and oxygen atoms in total. The Hall–Kier alpha value is -2.96. The zero-order valence-electron chi connectivity index (χ0n) is 19.6. The smallest absolute Gasteiger partial charge is 0.303 e. The van der Waals surface area contributed by atoms with Gasteiger partial charge in [-0.25, -0.2) is 0 Å². The van der Waals surface area contributed by atoms with Crippen molar-refractivity contribution in [3.05, 3.63) is 66.2 Å². The third-order valence-electron chi connectivity index (χ3n) is 5.72. The number of benzene rings is 2. The fourth-order valence-electron chi connectivity index (χ4n) is 4.28. The third-order valence-corrected chi connectivity index (χ3v) is 9.49. The van der Waals surface area contributed by atoms with Crippen molar-refractivity contribution in [2.24, 2.45) is 0 Å². The van der Waals surface area contributed by atoms with Gasteiger partial charge in [-0.3, -0.25) is 14.4 Å². The zero-order valence-corrected chi connectivity index (χ0v) is 20.5. The van der Waals surface area contributed by atoms with Crippen molar-refractivity contribution >= 4 is 30.4 Å². The molecule has 6 atom stereocenters. The monoisotopic (exact) mass is 488 g/mol. The van der Waals surface area contributed by atoms with E-state index in [2.05, 4.69) is 0 Å². The molecule has 1 aliphatic rings. The first kappa shape index (κ1) is 25.7. The van der Waals surface area contributed by atoms with Crippen LogP contribution in [0.3, 0.4) is 0 Å². The molecule has 2 aromatic rings. The highest BCUT2D eigenvalue weighted by atomic mass is 31.2. The second-order valence-corrected chi connectivity index (χ2v) is 11.5. The van der Waals surface area contributed by atoms with Crippen LogP contribution >= 0.6 is 7.14 Å². The lowest BCUT2D eigenvalue weighted by atomic mass is 10.0. The fourth-order valence-corrected chi connectivity index (χ4v) is 7.79.